The van der Waals surface area contributed by atoms with Crippen molar-refractivity contribution in [2.24, 2.45) is 0 Å². The molecule has 19 aromatic rings. The van der Waals surface area contributed by atoms with Crippen LogP contribution in [0.4, 0.5) is 0 Å². The lowest BCUT2D eigenvalue weighted by Crippen LogP contribution is -2.06. The van der Waals surface area contributed by atoms with Crippen molar-refractivity contribution in [1.82, 2.24) is 34.5 Å². The number of rotatable bonds is 5. The Morgan fingerprint density at radius 3 is 1.24 bits per heavy atom. The van der Waals surface area contributed by atoms with Gasteiger partial charge in [-0.15, -0.1) is 0 Å². The fourth-order valence-electron chi connectivity index (χ4n) is 13.6. The van der Waals surface area contributed by atoms with Crippen LogP contribution >= 0.6 is 11.6 Å². The molecule has 0 atom stereocenters. The smallest absolute Gasteiger partial charge is 0.238 e. The zero-order valence-corrected chi connectivity index (χ0v) is 50.5. The fourth-order valence-corrected chi connectivity index (χ4v) is 13.8. The van der Waals surface area contributed by atoms with Crippen molar-refractivity contribution in [1.29, 1.82) is 0 Å². The van der Waals surface area contributed by atoms with Crippen molar-refractivity contribution in [2.75, 3.05) is 0 Å². The molecule has 436 valence electrons. The number of furan rings is 2. The first-order valence-electron chi connectivity index (χ1n) is 31.0. The fraction of sp³-hybridized carbons (Fsp3) is 0.0120. The summed E-state index contributed by atoms with van der Waals surface area (Å²) in [6.07, 6.45) is 0.988. The standard InChI is InChI=1S/C41H24N4O.C27H16O.C15H10ClN3/c1-3-13-27(14-4-1)39-42-40(28-15-5-2-6-16-28)44-41(43-39)45-35-23-34-32-22-20-26-12-8-10-18-30(26)38(32)46-36(34)24-33(35)31-21-19-25-11-7-9-17-29(25)37(31)45;1-3-7-19-16(5-1)9-11-21-23-15-26-25(14-18(23)13-24(19)21)22-12-10-17-6-2-4-8-20(17)27(22)28-26;16-15-18-13(11-7-3-1-4-8-11)17-14(19-15)12-9-5-2-6-10-12/h1-24H;1-12,14-15H,13H2;1-10H. The van der Waals surface area contributed by atoms with Crippen LogP contribution in [0, 0.1) is 0 Å². The van der Waals surface area contributed by atoms with E-state index in [4.69, 9.17) is 35.4 Å². The van der Waals surface area contributed by atoms with E-state index in [1.54, 1.807) is 0 Å². The summed E-state index contributed by atoms with van der Waals surface area (Å²) in [6.45, 7) is 0. The van der Waals surface area contributed by atoms with Gasteiger partial charge in [-0.05, 0) is 104 Å². The van der Waals surface area contributed by atoms with Gasteiger partial charge < -0.3 is 8.83 Å². The molecule has 0 N–H and O–H groups in total. The average Bonchev–Trinajstić information content (AvgIpc) is 1.57. The summed E-state index contributed by atoms with van der Waals surface area (Å²) >= 11 is 5.99. The van der Waals surface area contributed by atoms with Crippen molar-refractivity contribution in [2.45, 2.75) is 6.42 Å². The Hall–Kier alpha value is -12.2. The first-order valence-corrected chi connectivity index (χ1v) is 31.3. The lowest BCUT2D eigenvalue weighted by molar-refractivity contribution is 0.672. The zero-order valence-electron chi connectivity index (χ0n) is 49.7. The molecule has 0 saturated heterocycles. The molecule has 20 rings (SSSR count). The molecule has 0 saturated carbocycles. The zero-order chi connectivity index (χ0) is 61.5. The minimum absolute atomic E-state index is 0.202. The number of hydrogen-bond donors (Lipinski definition) is 0. The number of fused-ring (bicyclic) bond motifs is 20. The summed E-state index contributed by atoms with van der Waals surface area (Å²) < 4.78 is 15.2. The van der Waals surface area contributed by atoms with Gasteiger partial charge in [0, 0.05) is 70.7 Å². The van der Waals surface area contributed by atoms with E-state index in [9.17, 15) is 0 Å². The van der Waals surface area contributed by atoms with Gasteiger partial charge >= 0.3 is 0 Å². The Balaban J connectivity index is 0.000000114. The maximum absolute atomic E-state index is 6.63. The molecule has 0 radical (unpaired) electrons. The molecule has 9 nitrogen and oxygen atoms in total. The highest BCUT2D eigenvalue weighted by atomic mass is 35.5. The Bertz CT molecular complexity index is 6050. The molecule has 10 heteroatoms. The average molecular weight is 1210 g/mol. The van der Waals surface area contributed by atoms with Crippen molar-refractivity contribution >= 4 is 120 Å². The summed E-state index contributed by atoms with van der Waals surface area (Å²) in [5.74, 6) is 2.99. The summed E-state index contributed by atoms with van der Waals surface area (Å²) in [4.78, 5) is 28.1. The molecule has 14 aromatic carbocycles. The van der Waals surface area contributed by atoms with Gasteiger partial charge in [0.2, 0.25) is 11.2 Å². The van der Waals surface area contributed by atoms with E-state index >= 15 is 0 Å². The largest absolute Gasteiger partial charge is 0.455 e. The van der Waals surface area contributed by atoms with Crippen molar-refractivity contribution in [3.63, 3.8) is 0 Å². The second kappa shape index (κ2) is 22.1. The van der Waals surface area contributed by atoms with E-state index in [0.717, 1.165) is 105 Å². The van der Waals surface area contributed by atoms with Gasteiger partial charge in [0.15, 0.2) is 23.3 Å². The summed E-state index contributed by atoms with van der Waals surface area (Å²) in [7, 11) is 0. The summed E-state index contributed by atoms with van der Waals surface area (Å²) in [5.41, 5.74) is 15.0. The lowest BCUT2D eigenvalue weighted by Gasteiger charge is -2.12. The SMILES string of the molecule is Clc1nc(-c2ccccc2)nc(-c2ccccc2)n1.c1ccc(-c2nc(-c3ccccc3)nc(-n3c4cc5c(cc4c4ccc6ccccc6c43)oc3c4ccccc4ccc53)n2)cc1.c1ccc2c3c(ccc2c1)-c1cc2oc4c5ccccc5ccc4c2cc1C3. The predicted octanol–water partition coefficient (Wildman–Crippen LogP) is 21.8. The van der Waals surface area contributed by atoms with Crippen LogP contribution in [0.15, 0.2) is 300 Å². The third-order valence-electron chi connectivity index (χ3n) is 18.0. The molecule has 5 heterocycles. The molecular formula is C83H50ClN7O2. The van der Waals surface area contributed by atoms with Gasteiger partial charge in [-0.25, -0.2) is 9.97 Å². The minimum Gasteiger partial charge on any atom is -0.455 e. The number of halogens is 1. The Labute approximate surface area is 537 Å². The van der Waals surface area contributed by atoms with Crippen molar-refractivity contribution in [3.8, 4) is 62.6 Å². The Morgan fingerprint density at radius 1 is 0.301 bits per heavy atom. The number of hydrogen-bond acceptors (Lipinski definition) is 8. The maximum Gasteiger partial charge on any atom is 0.238 e. The van der Waals surface area contributed by atoms with Crippen LogP contribution < -0.4 is 0 Å². The molecular weight excluding hydrogens is 1160 g/mol. The van der Waals surface area contributed by atoms with Gasteiger partial charge in [0.1, 0.15) is 22.3 Å². The van der Waals surface area contributed by atoms with E-state index in [1.807, 2.05) is 121 Å². The number of aromatic nitrogens is 7. The number of nitrogens with zero attached hydrogens (tertiary/aromatic N) is 7. The van der Waals surface area contributed by atoms with Crippen molar-refractivity contribution < 1.29 is 8.83 Å². The highest BCUT2D eigenvalue weighted by Gasteiger charge is 2.25. The van der Waals surface area contributed by atoms with Gasteiger partial charge in [-0.3, -0.25) is 4.57 Å². The second-order valence-corrected chi connectivity index (χ2v) is 23.7. The minimum atomic E-state index is 0.202. The first kappa shape index (κ1) is 53.8. The molecule has 0 spiro atoms. The third kappa shape index (κ3) is 9.32. The topological polar surface area (TPSA) is 109 Å². The first-order chi connectivity index (χ1) is 46.0. The third-order valence-corrected chi connectivity index (χ3v) is 18.1. The van der Waals surface area contributed by atoms with E-state index in [-0.39, 0.29) is 5.28 Å². The van der Waals surface area contributed by atoms with Crippen LogP contribution in [0.5, 0.6) is 0 Å². The van der Waals surface area contributed by atoms with E-state index < -0.39 is 0 Å². The van der Waals surface area contributed by atoms with E-state index in [1.165, 1.54) is 54.6 Å². The predicted molar refractivity (Wildman–Crippen MR) is 380 cm³/mol. The normalized spacial score (nSPS) is 11.9. The van der Waals surface area contributed by atoms with Crippen LogP contribution in [-0.4, -0.2) is 34.5 Å². The molecule has 0 bridgehead atoms. The molecule has 0 amide bonds. The quantitative estimate of drug-likeness (QED) is 0.168. The molecule has 93 heavy (non-hydrogen) atoms. The molecule has 1 aliphatic carbocycles. The summed E-state index contributed by atoms with van der Waals surface area (Å²) in [5, 5.41) is 16.6. The Morgan fingerprint density at radius 2 is 0.710 bits per heavy atom. The van der Waals surface area contributed by atoms with Crippen LogP contribution in [-0.2, 0) is 6.42 Å². The van der Waals surface area contributed by atoms with Gasteiger partial charge in [0.25, 0.3) is 0 Å². The molecule has 0 fully saturated rings. The van der Waals surface area contributed by atoms with E-state index in [0.29, 0.717) is 29.2 Å². The maximum atomic E-state index is 6.63. The molecule has 5 aromatic heterocycles. The van der Waals surface area contributed by atoms with Crippen LogP contribution in [0.1, 0.15) is 11.1 Å². The van der Waals surface area contributed by atoms with Crippen LogP contribution in [0.3, 0.4) is 0 Å². The number of benzene rings is 14. The molecule has 1 aliphatic rings. The van der Waals surface area contributed by atoms with E-state index in [2.05, 4.69) is 189 Å². The van der Waals surface area contributed by atoms with Gasteiger partial charge in [-0.2, -0.15) is 19.9 Å². The molecule has 0 aliphatic heterocycles. The van der Waals surface area contributed by atoms with Gasteiger partial charge in [0.05, 0.1) is 11.0 Å². The lowest BCUT2D eigenvalue weighted by atomic mass is 9.99. The van der Waals surface area contributed by atoms with Crippen molar-refractivity contribution in [3.05, 3.63) is 308 Å². The monoisotopic (exact) mass is 1210 g/mol. The molecule has 0 unspecified atom stereocenters. The summed E-state index contributed by atoms with van der Waals surface area (Å²) in [6, 6.07) is 100. The van der Waals surface area contributed by atoms with Crippen LogP contribution in [0.25, 0.3) is 171 Å². The highest BCUT2D eigenvalue weighted by Crippen LogP contribution is 2.46. The van der Waals surface area contributed by atoms with Gasteiger partial charge in [-0.1, -0.05) is 255 Å². The van der Waals surface area contributed by atoms with Crippen LogP contribution in [0.2, 0.25) is 5.28 Å². The highest BCUT2D eigenvalue weighted by molar-refractivity contribution is 6.28. The Kier molecular flexibility index (Phi) is 12.8. The second-order valence-electron chi connectivity index (χ2n) is 23.4.